The Hall–Kier alpha value is -3.07. The van der Waals surface area contributed by atoms with Crippen LogP contribution in [0.1, 0.15) is 24.4 Å². The molecule has 2 aromatic heterocycles. The Morgan fingerprint density at radius 2 is 2.00 bits per heavy atom. The van der Waals surface area contributed by atoms with Crippen LogP contribution in [0.2, 0.25) is 5.02 Å². The topological polar surface area (TPSA) is 92.1 Å². The first-order valence-electron chi connectivity index (χ1n) is 9.54. The van der Waals surface area contributed by atoms with Gasteiger partial charge in [0.1, 0.15) is 10.7 Å². The van der Waals surface area contributed by atoms with E-state index in [1.54, 1.807) is 24.3 Å². The highest BCUT2D eigenvalue weighted by Gasteiger charge is 2.18. The van der Waals surface area contributed by atoms with Gasteiger partial charge in [-0.15, -0.1) is 11.3 Å². The summed E-state index contributed by atoms with van der Waals surface area (Å²) >= 11 is 7.39. The fourth-order valence-electron chi connectivity index (χ4n) is 3.44. The molecule has 0 amide bonds. The third kappa shape index (κ3) is 4.36. The number of benzene rings is 2. The fraction of sp³-hybridized carbons (Fsp3) is 0.182. The molecule has 31 heavy (non-hydrogen) atoms. The van der Waals surface area contributed by atoms with E-state index in [0.29, 0.717) is 27.6 Å². The summed E-state index contributed by atoms with van der Waals surface area (Å²) in [4.78, 5) is 33.7. The molecule has 7 nitrogen and oxygen atoms in total. The highest BCUT2D eigenvalue weighted by molar-refractivity contribution is 7.17. The molecule has 0 radical (unpaired) electrons. The van der Waals surface area contributed by atoms with Crippen molar-refractivity contribution in [2.24, 2.45) is 0 Å². The second-order valence-corrected chi connectivity index (χ2v) is 8.59. The number of non-ortho nitro benzene ring substituents is 1. The number of nitrogens with zero attached hydrogens (tertiary/aromatic N) is 3. The second kappa shape index (κ2) is 8.58. The lowest BCUT2D eigenvalue weighted by molar-refractivity contribution is -0.384. The van der Waals surface area contributed by atoms with Gasteiger partial charge in [0.25, 0.3) is 11.2 Å². The molecule has 1 N–H and O–H groups in total. The summed E-state index contributed by atoms with van der Waals surface area (Å²) in [5.41, 5.74) is 2.42. The van der Waals surface area contributed by atoms with Crippen LogP contribution in [0.3, 0.4) is 0 Å². The summed E-state index contributed by atoms with van der Waals surface area (Å²) in [7, 11) is 1.89. The molecule has 0 aliphatic carbocycles. The highest BCUT2D eigenvalue weighted by atomic mass is 35.5. The van der Waals surface area contributed by atoms with E-state index in [1.807, 2.05) is 42.5 Å². The summed E-state index contributed by atoms with van der Waals surface area (Å²) in [6.45, 7) is 2.35. The highest BCUT2D eigenvalue weighted by Crippen LogP contribution is 2.31. The van der Waals surface area contributed by atoms with E-state index in [0.717, 1.165) is 16.7 Å². The number of aromatic amines is 1. The van der Waals surface area contributed by atoms with Gasteiger partial charge in [0.05, 0.1) is 16.9 Å². The SMILES string of the molecule is C[C@@H](c1cccc([N+](=O)[O-])c1)N(C)Cc1nc2scc(-c3ccc(Cl)cc3)c2c(=O)[nH]1. The van der Waals surface area contributed by atoms with Crippen LogP contribution in [-0.4, -0.2) is 26.8 Å². The van der Waals surface area contributed by atoms with Gasteiger partial charge >= 0.3 is 0 Å². The van der Waals surface area contributed by atoms with Crippen molar-refractivity contribution in [1.82, 2.24) is 14.9 Å². The number of rotatable bonds is 6. The van der Waals surface area contributed by atoms with Crippen LogP contribution in [0.25, 0.3) is 21.3 Å². The lowest BCUT2D eigenvalue weighted by Gasteiger charge is -2.24. The first kappa shape index (κ1) is 21.2. The van der Waals surface area contributed by atoms with Crippen molar-refractivity contribution < 1.29 is 4.92 Å². The quantitative estimate of drug-likeness (QED) is 0.311. The standard InChI is InChI=1S/C22H19ClN4O3S/c1-13(15-4-3-5-17(10-15)27(29)30)26(2)11-19-24-21(28)20-18(12-31-22(20)25-19)14-6-8-16(23)9-7-14/h3-10,12-13H,11H2,1-2H3,(H,24,25,28)/t13-/m0/s1. The molecular weight excluding hydrogens is 436 g/mol. The Morgan fingerprint density at radius 1 is 1.26 bits per heavy atom. The lowest BCUT2D eigenvalue weighted by Crippen LogP contribution is -2.25. The monoisotopic (exact) mass is 454 g/mol. The molecule has 2 heterocycles. The van der Waals surface area contributed by atoms with Gasteiger partial charge in [0.15, 0.2) is 0 Å². The molecule has 0 aliphatic heterocycles. The molecule has 158 valence electrons. The van der Waals surface area contributed by atoms with Gasteiger partial charge in [-0.3, -0.25) is 19.8 Å². The Kier molecular flexibility index (Phi) is 5.86. The molecule has 1 atom stereocenters. The number of nitro groups is 1. The summed E-state index contributed by atoms with van der Waals surface area (Å²) in [6.07, 6.45) is 0. The molecule has 0 saturated carbocycles. The number of H-pyrrole nitrogens is 1. The average molecular weight is 455 g/mol. The lowest BCUT2D eigenvalue weighted by atomic mass is 10.1. The first-order chi connectivity index (χ1) is 14.8. The number of hydrogen-bond donors (Lipinski definition) is 1. The zero-order valence-corrected chi connectivity index (χ0v) is 18.4. The molecule has 9 heteroatoms. The van der Waals surface area contributed by atoms with Crippen LogP contribution in [-0.2, 0) is 6.54 Å². The molecule has 2 aromatic carbocycles. The Bertz CT molecular complexity index is 1320. The van der Waals surface area contributed by atoms with Crippen molar-refractivity contribution in [3.05, 3.63) is 90.8 Å². The maximum atomic E-state index is 12.9. The largest absolute Gasteiger partial charge is 0.309 e. The minimum Gasteiger partial charge on any atom is -0.309 e. The molecule has 0 fully saturated rings. The maximum Gasteiger partial charge on any atom is 0.269 e. The fourth-order valence-corrected chi connectivity index (χ4v) is 4.53. The number of nitro benzene ring substituents is 1. The van der Waals surface area contributed by atoms with Gasteiger partial charge < -0.3 is 4.98 Å². The first-order valence-corrected chi connectivity index (χ1v) is 10.8. The van der Waals surface area contributed by atoms with E-state index in [-0.39, 0.29) is 17.3 Å². The van der Waals surface area contributed by atoms with Crippen LogP contribution in [0.15, 0.2) is 58.7 Å². The van der Waals surface area contributed by atoms with E-state index in [9.17, 15) is 14.9 Å². The van der Waals surface area contributed by atoms with Crippen LogP contribution < -0.4 is 5.56 Å². The molecule has 4 rings (SSSR count). The van der Waals surface area contributed by atoms with Crippen molar-refractivity contribution in [2.75, 3.05) is 7.05 Å². The van der Waals surface area contributed by atoms with E-state index in [2.05, 4.69) is 9.97 Å². The number of nitrogens with one attached hydrogen (secondary N) is 1. The molecule has 0 saturated heterocycles. The summed E-state index contributed by atoms with van der Waals surface area (Å²) < 4.78 is 0. The minimum absolute atomic E-state index is 0.0546. The van der Waals surface area contributed by atoms with Crippen molar-refractivity contribution in [3.8, 4) is 11.1 Å². The van der Waals surface area contributed by atoms with E-state index >= 15 is 0 Å². The van der Waals surface area contributed by atoms with Crippen molar-refractivity contribution in [1.29, 1.82) is 0 Å². The van der Waals surface area contributed by atoms with E-state index in [4.69, 9.17) is 11.6 Å². The van der Waals surface area contributed by atoms with Crippen molar-refractivity contribution in [2.45, 2.75) is 19.5 Å². The molecule has 4 aromatic rings. The summed E-state index contributed by atoms with van der Waals surface area (Å²) in [6, 6.07) is 13.8. The number of aromatic nitrogens is 2. The second-order valence-electron chi connectivity index (χ2n) is 7.29. The summed E-state index contributed by atoms with van der Waals surface area (Å²) in [5.74, 6) is 0.543. The van der Waals surface area contributed by atoms with Gasteiger partial charge in [-0.05, 0) is 37.2 Å². The molecule has 0 unspecified atom stereocenters. The number of fused-ring (bicyclic) bond motifs is 1. The predicted molar refractivity (Wildman–Crippen MR) is 124 cm³/mol. The van der Waals surface area contributed by atoms with Gasteiger partial charge in [0.2, 0.25) is 0 Å². The predicted octanol–water partition coefficient (Wildman–Crippen LogP) is 5.41. The number of halogens is 1. The third-order valence-corrected chi connectivity index (χ3v) is 6.40. The van der Waals surface area contributed by atoms with Crippen molar-refractivity contribution in [3.63, 3.8) is 0 Å². The van der Waals surface area contributed by atoms with Gasteiger partial charge in [0, 0.05) is 34.1 Å². The van der Waals surface area contributed by atoms with Crippen LogP contribution >= 0.6 is 22.9 Å². The molecule has 0 spiro atoms. The number of hydrogen-bond acceptors (Lipinski definition) is 6. The minimum atomic E-state index is -0.405. The van der Waals surface area contributed by atoms with E-state index < -0.39 is 4.92 Å². The zero-order chi connectivity index (χ0) is 22.1. The maximum absolute atomic E-state index is 12.9. The van der Waals surface area contributed by atoms with Crippen molar-refractivity contribution >= 4 is 38.8 Å². The van der Waals surface area contributed by atoms with Gasteiger partial charge in [-0.1, -0.05) is 35.9 Å². The van der Waals surface area contributed by atoms with Crippen LogP contribution in [0.5, 0.6) is 0 Å². The van der Waals surface area contributed by atoms with E-state index in [1.165, 1.54) is 17.4 Å². The molecule has 0 aliphatic rings. The Labute approximate surface area is 187 Å². The zero-order valence-electron chi connectivity index (χ0n) is 16.8. The third-order valence-electron chi connectivity index (χ3n) is 5.27. The molecule has 0 bridgehead atoms. The molecular formula is C22H19ClN4O3S. The van der Waals surface area contributed by atoms with Crippen LogP contribution in [0.4, 0.5) is 5.69 Å². The van der Waals surface area contributed by atoms with Gasteiger partial charge in [-0.25, -0.2) is 4.98 Å². The smallest absolute Gasteiger partial charge is 0.269 e. The average Bonchev–Trinajstić information content (AvgIpc) is 3.18. The van der Waals surface area contributed by atoms with Gasteiger partial charge in [-0.2, -0.15) is 0 Å². The normalized spacial score (nSPS) is 12.4. The summed E-state index contributed by atoms with van der Waals surface area (Å²) in [5, 5.41) is 14.2. The Morgan fingerprint density at radius 3 is 2.71 bits per heavy atom. The number of thiophene rings is 1. The Balaban J connectivity index is 1.60. The van der Waals surface area contributed by atoms with Crippen LogP contribution in [0, 0.1) is 10.1 Å².